The summed E-state index contributed by atoms with van der Waals surface area (Å²) in [5.41, 5.74) is 2.67. The Bertz CT molecular complexity index is 1170. The number of amides is 1. The minimum atomic E-state index is -0.706. The van der Waals surface area contributed by atoms with Crippen molar-refractivity contribution in [3.63, 3.8) is 0 Å². The Morgan fingerprint density at radius 1 is 1.13 bits per heavy atom. The molecule has 0 saturated carbocycles. The summed E-state index contributed by atoms with van der Waals surface area (Å²) in [6, 6.07) is 10.8. The van der Waals surface area contributed by atoms with Crippen LogP contribution in [0.4, 0.5) is 5.69 Å². The van der Waals surface area contributed by atoms with Crippen LogP contribution in [0.5, 0.6) is 11.5 Å². The van der Waals surface area contributed by atoms with Crippen LogP contribution in [0.1, 0.15) is 33.3 Å². The summed E-state index contributed by atoms with van der Waals surface area (Å²) in [7, 11) is 0. The van der Waals surface area contributed by atoms with Crippen molar-refractivity contribution in [2.75, 3.05) is 18.7 Å². The summed E-state index contributed by atoms with van der Waals surface area (Å²) in [4.78, 5) is 40.8. The van der Waals surface area contributed by atoms with E-state index in [1.807, 2.05) is 31.2 Å². The predicted octanol–water partition coefficient (Wildman–Crippen LogP) is 3.85. The second kappa shape index (κ2) is 8.57. The van der Waals surface area contributed by atoms with Crippen molar-refractivity contribution < 1.29 is 28.6 Å². The zero-order valence-corrected chi connectivity index (χ0v) is 17.6. The number of carbonyl (C=O) groups is 3. The quantitative estimate of drug-likeness (QED) is 0.460. The molecular formula is C22H18N2O6S. The molecule has 0 bridgehead atoms. The van der Waals surface area contributed by atoms with Crippen LogP contribution in [0.25, 0.3) is 10.6 Å². The monoisotopic (exact) mass is 438 g/mol. The Hall–Kier alpha value is -3.72. The third kappa shape index (κ3) is 4.56. The molecule has 1 amide bonds. The lowest BCUT2D eigenvalue weighted by Gasteiger charge is -2.10. The number of carbonyl (C=O) groups excluding carboxylic acids is 3. The van der Waals surface area contributed by atoms with Crippen LogP contribution in [-0.4, -0.2) is 36.0 Å². The van der Waals surface area contributed by atoms with E-state index in [0.717, 1.165) is 11.1 Å². The average Bonchev–Trinajstić information content (AvgIpc) is 3.41. The van der Waals surface area contributed by atoms with Gasteiger partial charge in [-0.2, -0.15) is 0 Å². The zero-order chi connectivity index (χ0) is 22.0. The number of benzene rings is 2. The van der Waals surface area contributed by atoms with Gasteiger partial charge in [0.1, 0.15) is 5.01 Å². The highest BCUT2D eigenvalue weighted by Crippen LogP contribution is 2.37. The normalized spacial score (nSPS) is 11.8. The Morgan fingerprint density at radius 2 is 1.84 bits per heavy atom. The van der Waals surface area contributed by atoms with Crippen LogP contribution in [0.15, 0.2) is 41.8 Å². The summed E-state index contributed by atoms with van der Waals surface area (Å²) in [6.45, 7) is 2.88. The molecular weight excluding hydrogens is 420 g/mol. The Morgan fingerprint density at radius 3 is 2.55 bits per heavy atom. The van der Waals surface area contributed by atoms with Gasteiger partial charge in [0.05, 0.1) is 5.69 Å². The van der Waals surface area contributed by atoms with Gasteiger partial charge in [-0.1, -0.05) is 29.8 Å². The highest BCUT2D eigenvalue weighted by molar-refractivity contribution is 7.13. The number of esters is 1. The van der Waals surface area contributed by atoms with Gasteiger partial charge >= 0.3 is 5.97 Å². The fourth-order valence-corrected chi connectivity index (χ4v) is 3.72. The zero-order valence-electron chi connectivity index (χ0n) is 16.8. The third-order valence-corrected chi connectivity index (χ3v) is 5.40. The summed E-state index contributed by atoms with van der Waals surface area (Å²) >= 11 is 1.31. The molecule has 1 N–H and O–H groups in total. The molecule has 4 rings (SSSR count). The molecule has 2 aromatic carbocycles. The molecule has 1 aliphatic rings. The second-order valence-electron chi connectivity index (χ2n) is 6.84. The minimum absolute atomic E-state index is 0.0416. The maximum absolute atomic E-state index is 12.3. The van der Waals surface area contributed by atoms with E-state index in [1.54, 1.807) is 5.38 Å². The molecule has 8 nitrogen and oxygen atoms in total. The van der Waals surface area contributed by atoms with Crippen molar-refractivity contribution in [3.8, 4) is 22.1 Å². The fourth-order valence-electron chi connectivity index (χ4n) is 2.92. The van der Waals surface area contributed by atoms with Crippen LogP contribution >= 0.6 is 11.3 Å². The van der Waals surface area contributed by atoms with Gasteiger partial charge in [-0.15, -0.1) is 11.3 Å². The Labute approximate surface area is 181 Å². The molecule has 158 valence electrons. The first-order chi connectivity index (χ1) is 14.9. The molecule has 3 aromatic rings. The van der Waals surface area contributed by atoms with Gasteiger partial charge in [-0.05, 0) is 19.9 Å². The summed E-state index contributed by atoms with van der Waals surface area (Å²) < 4.78 is 15.6. The number of Topliss-reactive ketones (excluding diaryl/α,β-unsaturated/α-hetero) is 1. The maximum Gasteiger partial charge on any atom is 0.358 e. The summed E-state index contributed by atoms with van der Waals surface area (Å²) in [6.07, 6.45) is 0. The van der Waals surface area contributed by atoms with Crippen molar-refractivity contribution in [3.05, 3.63) is 58.6 Å². The van der Waals surface area contributed by atoms with Crippen LogP contribution in [0.2, 0.25) is 0 Å². The van der Waals surface area contributed by atoms with Gasteiger partial charge in [-0.3, -0.25) is 9.59 Å². The molecule has 2 heterocycles. The molecule has 0 spiro atoms. The molecule has 0 atom stereocenters. The van der Waals surface area contributed by atoms with Crippen molar-refractivity contribution in [2.45, 2.75) is 13.8 Å². The number of aryl methyl sites for hydroxylation is 1. The van der Waals surface area contributed by atoms with E-state index in [1.165, 1.54) is 30.4 Å². The first-order valence-electron chi connectivity index (χ1n) is 9.35. The smallest absolute Gasteiger partial charge is 0.358 e. The van der Waals surface area contributed by atoms with E-state index in [2.05, 4.69) is 10.3 Å². The standard InChI is InChI=1S/C22H18N2O6S/c1-12-3-5-14(6-4-12)21-24-17(10-31-21)22(27)28-9-20(26)23-16-8-19-18(29-11-30-19)7-15(16)13(2)25/h3-8,10H,9,11H2,1-2H3,(H,23,26). The van der Waals surface area contributed by atoms with Gasteiger partial charge in [0.2, 0.25) is 6.79 Å². The first-order valence-corrected chi connectivity index (χ1v) is 10.2. The number of ketones is 1. The van der Waals surface area contributed by atoms with E-state index in [-0.39, 0.29) is 29.5 Å². The molecule has 1 aliphatic heterocycles. The van der Waals surface area contributed by atoms with Gasteiger partial charge in [0.15, 0.2) is 29.6 Å². The highest BCUT2D eigenvalue weighted by atomic mass is 32.1. The number of nitrogens with one attached hydrogen (secondary N) is 1. The predicted molar refractivity (Wildman–Crippen MR) is 114 cm³/mol. The van der Waals surface area contributed by atoms with Gasteiger partial charge in [0.25, 0.3) is 5.91 Å². The number of anilines is 1. The molecule has 31 heavy (non-hydrogen) atoms. The van der Waals surface area contributed by atoms with Crippen molar-refractivity contribution >= 4 is 34.7 Å². The van der Waals surface area contributed by atoms with Crippen LogP contribution < -0.4 is 14.8 Å². The average molecular weight is 438 g/mol. The molecule has 9 heteroatoms. The van der Waals surface area contributed by atoms with E-state index in [9.17, 15) is 14.4 Å². The van der Waals surface area contributed by atoms with E-state index < -0.39 is 18.5 Å². The van der Waals surface area contributed by atoms with E-state index >= 15 is 0 Å². The lowest BCUT2D eigenvalue weighted by molar-refractivity contribution is -0.119. The number of fused-ring (bicyclic) bond motifs is 1. The lowest BCUT2D eigenvalue weighted by atomic mass is 10.1. The molecule has 0 radical (unpaired) electrons. The number of nitrogens with zero attached hydrogens (tertiary/aromatic N) is 1. The first kappa shape index (κ1) is 20.5. The number of aromatic nitrogens is 1. The largest absolute Gasteiger partial charge is 0.454 e. The SMILES string of the molecule is CC(=O)c1cc2c(cc1NC(=O)COC(=O)c1csc(-c3ccc(C)cc3)n1)OCO2. The number of hydrogen-bond donors (Lipinski definition) is 1. The highest BCUT2D eigenvalue weighted by Gasteiger charge is 2.21. The Balaban J connectivity index is 1.39. The molecule has 0 aliphatic carbocycles. The molecule has 1 aromatic heterocycles. The molecule has 0 saturated heterocycles. The lowest BCUT2D eigenvalue weighted by Crippen LogP contribution is -2.22. The summed E-state index contributed by atoms with van der Waals surface area (Å²) in [5, 5.41) is 4.84. The van der Waals surface area contributed by atoms with Gasteiger partial charge in [-0.25, -0.2) is 9.78 Å². The minimum Gasteiger partial charge on any atom is -0.454 e. The topological polar surface area (TPSA) is 104 Å². The maximum atomic E-state index is 12.3. The van der Waals surface area contributed by atoms with E-state index in [0.29, 0.717) is 16.5 Å². The number of thiazole rings is 1. The number of ether oxygens (including phenoxy) is 3. The van der Waals surface area contributed by atoms with Crippen LogP contribution in [-0.2, 0) is 9.53 Å². The third-order valence-electron chi connectivity index (χ3n) is 4.51. The van der Waals surface area contributed by atoms with Crippen molar-refractivity contribution in [1.82, 2.24) is 4.98 Å². The van der Waals surface area contributed by atoms with Crippen LogP contribution in [0, 0.1) is 6.92 Å². The number of hydrogen-bond acceptors (Lipinski definition) is 8. The van der Waals surface area contributed by atoms with Crippen molar-refractivity contribution in [1.29, 1.82) is 0 Å². The fraction of sp³-hybridized carbons (Fsp3) is 0.182. The molecule has 0 fully saturated rings. The van der Waals surface area contributed by atoms with E-state index in [4.69, 9.17) is 14.2 Å². The van der Waals surface area contributed by atoms with Crippen molar-refractivity contribution in [2.24, 2.45) is 0 Å². The van der Waals surface area contributed by atoms with Gasteiger partial charge in [0, 0.05) is 22.6 Å². The Kier molecular flexibility index (Phi) is 5.68. The van der Waals surface area contributed by atoms with Gasteiger partial charge < -0.3 is 19.5 Å². The number of rotatable bonds is 6. The van der Waals surface area contributed by atoms with Crippen LogP contribution in [0.3, 0.4) is 0 Å². The second-order valence-corrected chi connectivity index (χ2v) is 7.69. The summed E-state index contributed by atoms with van der Waals surface area (Å²) in [5.74, 6) is -0.700. The molecule has 0 unspecified atom stereocenters.